The minimum absolute atomic E-state index is 0.171. The molecular formula is C17H28N2O2. The summed E-state index contributed by atoms with van der Waals surface area (Å²) in [4.78, 5) is 4.89. The molecule has 1 aliphatic rings. The Morgan fingerprint density at radius 2 is 1.71 bits per heavy atom. The fourth-order valence-electron chi connectivity index (χ4n) is 2.70. The summed E-state index contributed by atoms with van der Waals surface area (Å²) in [6.07, 6.45) is 1.76. The Labute approximate surface area is 128 Å². The van der Waals surface area contributed by atoms with Crippen LogP contribution in [0.15, 0.2) is 24.3 Å². The summed E-state index contributed by atoms with van der Waals surface area (Å²) in [5.74, 6) is 0.918. The van der Waals surface area contributed by atoms with Crippen LogP contribution in [-0.2, 0) is 6.42 Å². The molecule has 1 saturated heterocycles. The smallest absolute Gasteiger partial charge is 0.118 e. The van der Waals surface area contributed by atoms with Crippen molar-refractivity contribution < 1.29 is 9.84 Å². The number of nitrogens with zero attached hydrogens (tertiary/aromatic N) is 2. The summed E-state index contributed by atoms with van der Waals surface area (Å²) in [5, 5.41) is 9.71. The molecule has 2 rings (SSSR count). The van der Waals surface area contributed by atoms with E-state index in [2.05, 4.69) is 21.9 Å². The quantitative estimate of drug-likeness (QED) is 0.828. The molecule has 0 saturated carbocycles. The highest BCUT2D eigenvalue weighted by Gasteiger charge is 2.18. The molecule has 0 spiro atoms. The van der Waals surface area contributed by atoms with Crippen molar-refractivity contribution in [3.63, 3.8) is 0 Å². The third-order valence-electron chi connectivity index (χ3n) is 4.28. The van der Waals surface area contributed by atoms with Crippen molar-refractivity contribution in [2.24, 2.45) is 0 Å². The number of aliphatic hydroxyl groups is 1. The van der Waals surface area contributed by atoms with E-state index >= 15 is 0 Å². The molecule has 4 nitrogen and oxygen atoms in total. The zero-order valence-electron chi connectivity index (χ0n) is 13.3. The van der Waals surface area contributed by atoms with Crippen LogP contribution in [0.5, 0.6) is 5.75 Å². The fraction of sp³-hybridized carbons (Fsp3) is 0.647. The molecule has 0 amide bonds. The number of benzene rings is 1. The molecule has 1 unspecified atom stereocenters. The van der Waals surface area contributed by atoms with Crippen LogP contribution in [0.4, 0.5) is 0 Å². The van der Waals surface area contributed by atoms with Crippen molar-refractivity contribution >= 4 is 0 Å². The van der Waals surface area contributed by atoms with E-state index in [4.69, 9.17) is 4.74 Å². The standard InChI is InChI=1S/C17H28N2O2/c1-3-16(20)14-19-12-10-18(11-13-19)9-8-15-4-6-17(21-2)7-5-15/h4-7,16,20H,3,8-14H2,1-2H3. The lowest BCUT2D eigenvalue weighted by molar-refractivity contribution is 0.0714. The van der Waals surface area contributed by atoms with E-state index in [1.54, 1.807) is 7.11 Å². The topological polar surface area (TPSA) is 35.9 Å². The maximum absolute atomic E-state index is 9.71. The van der Waals surface area contributed by atoms with Gasteiger partial charge in [-0.15, -0.1) is 0 Å². The Balaban J connectivity index is 1.68. The van der Waals surface area contributed by atoms with Gasteiger partial charge in [0.1, 0.15) is 5.75 Å². The van der Waals surface area contributed by atoms with Gasteiger partial charge < -0.3 is 14.7 Å². The number of ether oxygens (including phenoxy) is 1. The number of piperazine rings is 1. The molecule has 1 heterocycles. The van der Waals surface area contributed by atoms with Crippen LogP contribution in [0.25, 0.3) is 0 Å². The monoisotopic (exact) mass is 292 g/mol. The summed E-state index contributed by atoms with van der Waals surface area (Å²) in [7, 11) is 1.70. The number of aliphatic hydroxyl groups excluding tert-OH is 1. The maximum atomic E-state index is 9.71. The van der Waals surface area contributed by atoms with Gasteiger partial charge in [0.25, 0.3) is 0 Å². The van der Waals surface area contributed by atoms with E-state index in [9.17, 15) is 5.11 Å². The highest BCUT2D eigenvalue weighted by molar-refractivity contribution is 5.27. The normalized spacial score (nSPS) is 18.6. The maximum Gasteiger partial charge on any atom is 0.118 e. The average molecular weight is 292 g/mol. The first-order valence-corrected chi connectivity index (χ1v) is 7.97. The first-order chi connectivity index (χ1) is 10.2. The lowest BCUT2D eigenvalue weighted by Crippen LogP contribution is -2.48. The SMILES string of the molecule is CCC(O)CN1CCN(CCc2ccc(OC)cc2)CC1. The summed E-state index contributed by atoms with van der Waals surface area (Å²) in [6.45, 7) is 8.31. The van der Waals surface area contributed by atoms with Gasteiger partial charge in [0.05, 0.1) is 13.2 Å². The molecule has 1 aromatic carbocycles. The summed E-state index contributed by atoms with van der Waals surface area (Å²) >= 11 is 0. The van der Waals surface area contributed by atoms with E-state index < -0.39 is 0 Å². The largest absolute Gasteiger partial charge is 0.497 e. The van der Waals surface area contributed by atoms with Gasteiger partial charge in [0.2, 0.25) is 0 Å². The van der Waals surface area contributed by atoms with Gasteiger partial charge in [-0.05, 0) is 30.5 Å². The lowest BCUT2D eigenvalue weighted by atomic mass is 10.1. The van der Waals surface area contributed by atoms with Crippen molar-refractivity contribution in [3.8, 4) is 5.75 Å². The molecule has 0 aromatic heterocycles. The zero-order chi connectivity index (χ0) is 15.1. The minimum Gasteiger partial charge on any atom is -0.497 e. The van der Waals surface area contributed by atoms with Gasteiger partial charge in [0, 0.05) is 39.3 Å². The second kappa shape index (κ2) is 8.37. The molecule has 0 radical (unpaired) electrons. The number of rotatable bonds is 7. The van der Waals surface area contributed by atoms with Crippen LogP contribution in [0.2, 0.25) is 0 Å². The van der Waals surface area contributed by atoms with Crippen LogP contribution in [0, 0.1) is 0 Å². The first kappa shape index (κ1) is 16.3. The molecule has 1 N–H and O–H groups in total. The van der Waals surface area contributed by atoms with E-state index in [1.165, 1.54) is 5.56 Å². The molecule has 4 heteroatoms. The highest BCUT2D eigenvalue weighted by atomic mass is 16.5. The third-order valence-corrected chi connectivity index (χ3v) is 4.28. The summed E-state index contributed by atoms with van der Waals surface area (Å²) in [6, 6.07) is 8.35. The Morgan fingerprint density at radius 1 is 1.10 bits per heavy atom. The third kappa shape index (κ3) is 5.30. The number of methoxy groups -OCH3 is 1. The predicted molar refractivity (Wildman–Crippen MR) is 85.9 cm³/mol. The van der Waals surface area contributed by atoms with Crippen molar-refractivity contribution in [3.05, 3.63) is 29.8 Å². The van der Waals surface area contributed by atoms with Gasteiger partial charge in [0.15, 0.2) is 0 Å². The van der Waals surface area contributed by atoms with Gasteiger partial charge in [-0.25, -0.2) is 0 Å². The van der Waals surface area contributed by atoms with E-state index in [-0.39, 0.29) is 6.10 Å². The molecule has 1 fully saturated rings. The molecule has 1 aromatic rings. The predicted octanol–water partition coefficient (Wildman–Crippen LogP) is 1.63. The molecule has 0 bridgehead atoms. The number of hydrogen-bond acceptors (Lipinski definition) is 4. The Bertz CT molecular complexity index is 400. The van der Waals surface area contributed by atoms with Crippen LogP contribution < -0.4 is 4.74 Å². The Morgan fingerprint density at radius 3 is 2.29 bits per heavy atom. The number of β-amino-alcohol motifs (C(OH)–C–C–N with tert-alkyl or cyclic N) is 1. The van der Waals surface area contributed by atoms with Crippen molar-refractivity contribution in [1.29, 1.82) is 0 Å². The Hall–Kier alpha value is -1.10. The first-order valence-electron chi connectivity index (χ1n) is 7.97. The summed E-state index contributed by atoms with van der Waals surface area (Å²) in [5.41, 5.74) is 1.36. The van der Waals surface area contributed by atoms with Crippen molar-refractivity contribution in [1.82, 2.24) is 9.80 Å². The van der Waals surface area contributed by atoms with Crippen LogP contribution in [-0.4, -0.2) is 67.4 Å². The molecule has 1 aliphatic heterocycles. The van der Waals surface area contributed by atoms with Gasteiger partial charge >= 0.3 is 0 Å². The molecule has 118 valence electrons. The number of hydrogen-bond donors (Lipinski definition) is 1. The molecule has 0 aliphatic carbocycles. The van der Waals surface area contributed by atoms with Crippen LogP contribution in [0.1, 0.15) is 18.9 Å². The lowest BCUT2D eigenvalue weighted by Gasteiger charge is -2.35. The van der Waals surface area contributed by atoms with Crippen molar-refractivity contribution in [2.75, 3.05) is 46.4 Å². The van der Waals surface area contributed by atoms with E-state index in [1.807, 2.05) is 19.1 Å². The molecular weight excluding hydrogens is 264 g/mol. The van der Waals surface area contributed by atoms with Gasteiger partial charge in [-0.3, -0.25) is 4.90 Å². The minimum atomic E-state index is -0.171. The zero-order valence-corrected chi connectivity index (χ0v) is 13.3. The van der Waals surface area contributed by atoms with E-state index in [0.29, 0.717) is 0 Å². The average Bonchev–Trinajstić information content (AvgIpc) is 2.54. The van der Waals surface area contributed by atoms with Crippen LogP contribution in [0.3, 0.4) is 0 Å². The fourth-order valence-corrected chi connectivity index (χ4v) is 2.70. The van der Waals surface area contributed by atoms with Gasteiger partial charge in [-0.1, -0.05) is 19.1 Å². The second-order valence-electron chi connectivity index (χ2n) is 5.80. The highest BCUT2D eigenvalue weighted by Crippen LogP contribution is 2.12. The van der Waals surface area contributed by atoms with Gasteiger partial charge in [-0.2, -0.15) is 0 Å². The second-order valence-corrected chi connectivity index (χ2v) is 5.80. The van der Waals surface area contributed by atoms with E-state index in [0.717, 1.165) is 57.9 Å². The molecule has 1 atom stereocenters. The summed E-state index contributed by atoms with van der Waals surface area (Å²) < 4.78 is 5.18. The Kier molecular flexibility index (Phi) is 6.49. The molecule has 21 heavy (non-hydrogen) atoms. The van der Waals surface area contributed by atoms with Crippen molar-refractivity contribution in [2.45, 2.75) is 25.9 Å². The van der Waals surface area contributed by atoms with Crippen LogP contribution >= 0.6 is 0 Å².